The van der Waals surface area contributed by atoms with Gasteiger partial charge in [0.15, 0.2) is 0 Å². The topological polar surface area (TPSA) is 59.1 Å². The van der Waals surface area contributed by atoms with Gasteiger partial charge in [0.05, 0.1) is 0 Å². The molecule has 1 heterocycles. The highest BCUT2D eigenvalue weighted by Crippen LogP contribution is 2.25. The molecule has 26 heavy (non-hydrogen) atoms. The van der Waals surface area contributed by atoms with Gasteiger partial charge in [-0.15, -0.1) is 0 Å². The maximum Gasteiger partial charge on any atom is 0.136 e. The molecule has 3 rings (SSSR count). The van der Waals surface area contributed by atoms with E-state index < -0.39 is 0 Å². The molecule has 0 radical (unpaired) electrons. The van der Waals surface area contributed by atoms with Crippen molar-refractivity contribution in [3.63, 3.8) is 0 Å². The van der Waals surface area contributed by atoms with Gasteiger partial charge in [-0.2, -0.15) is 0 Å². The van der Waals surface area contributed by atoms with Crippen molar-refractivity contribution in [2.24, 2.45) is 0 Å². The Labute approximate surface area is 154 Å². The van der Waals surface area contributed by atoms with Gasteiger partial charge < -0.3 is 15.4 Å². The minimum atomic E-state index is -0.0610. The second-order valence-corrected chi connectivity index (χ2v) is 7.13. The van der Waals surface area contributed by atoms with E-state index in [2.05, 4.69) is 41.4 Å². The van der Waals surface area contributed by atoms with E-state index >= 15 is 0 Å². The first-order chi connectivity index (χ1) is 12.4. The fourth-order valence-corrected chi connectivity index (χ4v) is 2.46. The van der Waals surface area contributed by atoms with Crippen LogP contribution in [-0.4, -0.2) is 15.5 Å². The molecule has 0 unspecified atom stereocenters. The molecule has 0 atom stereocenters. The summed E-state index contributed by atoms with van der Waals surface area (Å²) < 4.78 is 5.81. The summed E-state index contributed by atoms with van der Waals surface area (Å²) in [5.74, 6) is 3.87. The Kier molecular flexibility index (Phi) is 5.07. The Balaban J connectivity index is 1.71. The van der Waals surface area contributed by atoms with Crippen molar-refractivity contribution in [1.82, 2.24) is 9.97 Å². The van der Waals surface area contributed by atoms with E-state index in [1.165, 1.54) is 0 Å². The second kappa shape index (κ2) is 7.44. The van der Waals surface area contributed by atoms with Crippen molar-refractivity contribution < 1.29 is 4.74 Å². The number of hydrogen-bond donors (Lipinski definition) is 2. The number of benzene rings is 2. The normalized spacial score (nSPS) is 11.1. The second-order valence-electron chi connectivity index (χ2n) is 7.13. The molecule has 2 aromatic carbocycles. The average Bonchev–Trinajstić information content (AvgIpc) is 2.55. The molecule has 5 heteroatoms. The highest BCUT2D eigenvalue weighted by atomic mass is 16.5. The zero-order valence-electron chi connectivity index (χ0n) is 15.6. The number of rotatable bonds is 5. The SMILES string of the molecule is Cc1nc(Nc2ccc(Oc3ccccc3)cc2)cc(NC(C)(C)C)n1. The van der Waals surface area contributed by atoms with E-state index in [0.29, 0.717) is 5.82 Å². The highest BCUT2D eigenvalue weighted by molar-refractivity contribution is 5.60. The zero-order valence-corrected chi connectivity index (χ0v) is 15.6. The van der Waals surface area contributed by atoms with E-state index in [-0.39, 0.29) is 5.54 Å². The van der Waals surface area contributed by atoms with Gasteiger partial charge in [0.1, 0.15) is 29.0 Å². The number of hydrogen-bond acceptors (Lipinski definition) is 5. The molecule has 0 bridgehead atoms. The number of para-hydroxylation sites is 1. The fraction of sp³-hybridized carbons (Fsp3) is 0.238. The van der Waals surface area contributed by atoms with E-state index in [1.807, 2.05) is 67.6 Å². The predicted octanol–water partition coefficient (Wildman–Crippen LogP) is 5.53. The Morgan fingerprint density at radius 2 is 1.42 bits per heavy atom. The first-order valence-corrected chi connectivity index (χ1v) is 8.61. The Bertz CT molecular complexity index is 855. The van der Waals surface area contributed by atoms with Crippen LogP contribution in [0.15, 0.2) is 60.7 Å². The molecule has 134 valence electrons. The molecule has 3 aromatic rings. The lowest BCUT2D eigenvalue weighted by molar-refractivity contribution is 0.483. The molecule has 0 aliphatic carbocycles. The molecule has 0 aliphatic rings. The van der Waals surface area contributed by atoms with Crippen molar-refractivity contribution in [3.8, 4) is 11.5 Å². The first-order valence-electron chi connectivity index (χ1n) is 8.61. The minimum absolute atomic E-state index is 0.0610. The van der Waals surface area contributed by atoms with Gasteiger partial charge in [-0.25, -0.2) is 9.97 Å². The number of nitrogens with one attached hydrogen (secondary N) is 2. The van der Waals surface area contributed by atoms with Crippen LogP contribution in [0.4, 0.5) is 17.3 Å². The van der Waals surface area contributed by atoms with Crippen LogP contribution in [0.2, 0.25) is 0 Å². The number of nitrogens with zero attached hydrogens (tertiary/aromatic N) is 2. The molecule has 5 nitrogen and oxygen atoms in total. The van der Waals surface area contributed by atoms with Crippen LogP contribution < -0.4 is 15.4 Å². The third-order valence-electron chi connectivity index (χ3n) is 3.45. The van der Waals surface area contributed by atoms with E-state index in [0.717, 1.165) is 28.8 Å². The number of aryl methyl sites for hydroxylation is 1. The van der Waals surface area contributed by atoms with Crippen LogP contribution in [0, 0.1) is 6.92 Å². The summed E-state index contributed by atoms with van der Waals surface area (Å²) in [6.07, 6.45) is 0. The smallest absolute Gasteiger partial charge is 0.136 e. The monoisotopic (exact) mass is 348 g/mol. The van der Waals surface area contributed by atoms with Crippen LogP contribution in [-0.2, 0) is 0 Å². The summed E-state index contributed by atoms with van der Waals surface area (Å²) in [7, 11) is 0. The quantitative estimate of drug-likeness (QED) is 0.635. The van der Waals surface area contributed by atoms with Crippen LogP contribution in [0.1, 0.15) is 26.6 Å². The van der Waals surface area contributed by atoms with Crippen molar-refractivity contribution in [2.45, 2.75) is 33.2 Å². The molecule has 0 amide bonds. The van der Waals surface area contributed by atoms with Gasteiger partial charge in [0, 0.05) is 17.3 Å². The third-order valence-corrected chi connectivity index (χ3v) is 3.45. The van der Waals surface area contributed by atoms with Crippen molar-refractivity contribution >= 4 is 17.3 Å². The zero-order chi connectivity index (χ0) is 18.6. The molecular weight excluding hydrogens is 324 g/mol. The van der Waals surface area contributed by atoms with Crippen molar-refractivity contribution in [2.75, 3.05) is 10.6 Å². The van der Waals surface area contributed by atoms with E-state index in [9.17, 15) is 0 Å². The summed E-state index contributed by atoms with van der Waals surface area (Å²) in [5.41, 5.74) is 0.874. The summed E-state index contributed by atoms with van der Waals surface area (Å²) in [4.78, 5) is 8.90. The molecular formula is C21H24N4O. The lowest BCUT2D eigenvalue weighted by Gasteiger charge is -2.21. The van der Waals surface area contributed by atoms with E-state index in [1.54, 1.807) is 0 Å². The minimum Gasteiger partial charge on any atom is -0.457 e. The standard InChI is InChI=1S/C21H24N4O/c1-15-22-19(14-20(23-15)25-21(2,3)4)24-16-10-12-18(13-11-16)26-17-8-6-5-7-9-17/h5-14H,1-4H3,(H2,22,23,24,25). The lowest BCUT2D eigenvalue weighted by atomic mass is 10.1. The Hall–Kier alpha value is -3.08. The maximum absolute atomic E-state index is 5.81. The average molecular weight is 348 g/mol. The van der Waals surface area contributed by atoms with E-state index in [4.69, 9.17) is 4.74 Å². The number of ether oxygens (including phenoxy) is 1. The predicted molar refractivity (Wildman–Crippen MR) is 106 cm³/mol. The summed E-state index contributed by atoms with van der Waals surface area (Å²) >= 11 is 0. The molecule has 0 saturated carbocycles. The molecule has 0 saturated heterocycles. The summed E-state index contributed by atoms with van der Waals surface area (Å²) in [6.45, 7) is 8.19. The van der Waals surface area contributed by atoms with Crippen LogP contribution >= 0.6 is 0 Å². The van der Waals surface area contributed by atoms with Crippen molar-refractivity contribution in [1.29, 1.82) is 0 Å². The number of anilines is 3. The van der Waals surface area contributed by atoms with Crippen LogP contribution in [0.5, 0.6) is 11.5 Å². The molecule has 2 N–H and O–H groups in total. The highest BCUT2D eigenvalue weighted by Gasteiger charge is 2.11. The number of aromatic nitrogens is 2. The summed E-state index contributed by atoms with van der Waals surface area (Å²) in [5, 5.41) is 6.69. The Morgan fingerprint density at radius 3 is 2.08 bits per heavy atom. The van der Waals surface area contributed by atoms with Gasteiger partial charge in [-0.3, -0.25) is 0 Å². The molecule has 1 aromatic heterocycles. The molecule has 0 fully saturated rings. The fourth-order valence-electron chi connectivity index (χ4n) is 2.46. The molecule has 0 aliphatic heterocycles. The molecule has 0 spiro atoms. The van der Waals surface area contributed by atoms with Gasteiger partial charge in [0.25, 0.3) is 0 Å². The summed E-state index contributed by atoms with van der Waals surface area (Å²) in [6, 6.07) is 19.4. The van der Waals surface area contributed by atoms with Gasteiger partial charge >= 0.3 is 0 Å². The van der Waals surface area contributed by atoms with Gasteiger partial charge in [0.2, 0.25) is 0 Å². The van der Waals surface area contributed by atoms with Gasteiger partial charge in [-0.1, -0.05) is 18.2 Å². The Morgan fingerprint density at radius 1 is 0.808 bits per heavy atom. The first kappa shape index (κ1) is 17.7. The van der Waals surface area contributed by atoms with Crippen molar-refractivity contribution in [3.05, 3.63) is 66.5 Å². The third kappa shape index (κ3) is 5.21. The largest absolute Gasteiger partial charge is 0.457 e. The lowest BCUT2D eigenvalue weighted by Crippen LogP contribution is -2.26. The van der Waals surface area contributed by atoms with Crippen LogP contribution in [0.25, 0.3) is 0 Å². The van der Waals surface area contributed by atoms with Crippen LogP contribution in [0.3, 0.4) is 0 Å². The maximum atomic E-state index is 5.81. The van der Waals surface area contributed by atoms with Gasteiger partial charge in [-0.05, 0) is 64.1 Å².